The van der Waals surface area contributed by atoms with Gasteiger partial charge in [0.2, 0.25) is 0 Å². The highest BCUT2D eigenvalue weighted by molar-refractivity contribution is 6.48. The van der Waals surface area contributed by atoms with E-state index in [1.165, 1.54) is 0 Å². The van der Waals surface area contributed by atoms with Gasteiger partial charge in [0.05, 0.1) is 26.1 Å². The van der Waals surface area contributed by atoms with Crippen LogP contribution in [-0.4, -0.2) is 9.97 Å². The van der Waals surface area contributed by atoms with Gasteiger partial charge in [-0.15, -0.1) is 0 Å². The van der Waals surface area contributed by atoms with Crippen LogP contribution in [0.25, 0.3) is 11.0 Å². The summed E-state index contributed by atoms with van der Waals surface area (Å²) in [5, 5.41) is 8.31. The quantitative estimate of drug-likeness (QED) is 0.286. The molecular weight excluding hydrogens is 462 g/mol. The maximum Gasteiger partial charge on any atom is 0.174 e. The monoisotopic (exact) mass is 476 g/mol. The minimum Gasteiger partial charge on any atom is -0.363 e. The van der Waals surface area contributed by atoms with Gasteiger partial charge in [0.25, 0.3) is 0 Å². The molecule has 0 bridgehead atoms. The van der Waals surface area contributed by atoms with Gasteiger partial charge in [-0.25, -0.2) is 9.97 Å². The minimum absolute atomic E-state index is 0.310. The van der Waals surface area contributed by atoms with Crippen molar-refractivity contribution in [3.05, 3.63) is 85.8 Å². The predicted octanol–water partition coefficient (Wildman–Crippen LogP) is 7.91. The third kappa shape index (κ3) is 4.73. The van der Waals surface area contributed by atoms with E-state index in [9.17, 15) is 0 Å². The number of aryl methyl sites for hydroxylation is 1. The number of rotatable bonds is 5. The lowest BCUT2D eigenvalue weighted by atomic mass is 10.2. The first-order valence-electron chi connectivity index (χ1n) is 9.07. The molecule has 0 aliphatic rings. The van der Waals surface area contributed by atoms with Crippen LogP contribution in [0.5, 0.6) is 0 Å². The Morgan fingerprint density at radius 3 is 2.13 bits per heavy atom. The average Bonchev–Trinajstić information content (AvgIpc) is 2.71. The Morgan fingerprint density at radius 1 is 0.767 bits per heavy atom. The fourth-order valence-electron chi connectivity index (χ4n) is 2.93. The van der Waals surface area contributed by atoms with Crippen molar-refractivity contribution in [3.8, 4) is 0 Å². The summed E-state index contributed by atoms with van der Waals surface area (Å²) in [5.41, 5.74) is 4.39. The van der Waals surface area contributed by atoms with Gasteiger partial charge in [0.15, 0.2) is 11.6 Å². The van der Waals surface area contributed by atoms with Crippen molar-refractivity contribution in [1.82, 2.24) is 9.97 Å². The van der Waals surface area contributed by atoms with Crippen LogP contribution in [0.1, 0.15) is 11.1 Å². The van der Waals surface area contributed by atoms with Crippen LogP contribution >= 0.6 is 46.4 Å². The zero-order chi connectivity index (χ0) is 21.3. The van der Waals surface area contributed by atoms with Crippen LogP contribution in [0.2, 0.25) is 20.1 Å². The largest absolute Gasteiger partial charge is 0.363 e. The molecule has 3 aromatic carbocycles. The summed E-state index contributed by atoms with van der Waals surface area (Å²) in [6, 6.07) is 16.9. The second-order valence-electron chi connectivity index (χ2n) is 6.77. The molecule has 1 aromatic heterocycles. The van der Waals surface area contributed by atoms with Crippen LogP contribution in [0, 0.1) is 6.92 Å². The number of fused-ring (bicyclic) bond motifs is 1. The molecule has 0 radical (unpaired) electrons. The number of halogens is 4. The Balaban J connectivity index is 1.71. The molecule has 0 unspecified atom stereocenters. The van der Waals surface area contributed by atoms with Crippen LogP contribution in [-0.2, 0) is 6.54 Å². The SMILES string of the molecule is Cc1ccc2nc(NCc3ccc(Cl)cc3)c(Nc3cc(Cl)c(Cl)c(Cl)c3)nc2c1. The van der Waals surface area contributed by atoms with Crippen molar-refractivity contribution < 1.29 is 0 Å². The number of aromatic nitrogens is 2. The van der Waals surface area contributed by atoms with E-state index in [-0.39, 0.29) is 0 Å². The van der Waals surface area contributed by atoms with Gasteiger partial charge in [0, 0.05) is 17.3 Å². The van der Waals surface area contributed by atoms with Crippen LogP contribution in [0.3, 0.4) is 0 Å². The van der Waals surface area contributed by atoms with Gasteiger partial charge in [0.1, 0.15) is 0 Å². The van der Waals surface area contributed by atoms with Crippen molar-refractivity contribution >= 4 is 74.8 Å². The topological polar surface area (TPSA) is 49.8 Å². The number of hydrogen-bond donors (Lipinski definition) is 2. The van der Waals surface area contributed by atoms with E-state index in [1.807, 2.05) is 49.4 Å². The Hall–Kier alpha value is -2.24. The normalized spacial score (nSPS) is 11.0. The molecule has 0 aliphatic heterocycles. The smallest absolute Gasteiger partial charge is 0.174 e. The lowest BCUT2D eigenvalue weighted by Crippen LogP contribution is -2.07. The number of nitrogens with zero attached hydrogens (tertiary/aromatic N) is 2. The summed E-state index contributed by atoms with van der Waals surface area (Å²) in [4.78, 5) is 9.52. The van der Waals surface area contributed by atoms with Crippen LogP contribution in [0.15, 0.2) is 54.6 Å². The van der Waals surface area contributed by atoms with Crippen LogP contribution < -0.4 is 10.6 Å². The highest BCUT2D eigenvalue weighted by Gasteiger charge is 2.12. The Bertz CT molecular complexity index is 1200. The van der Waals surface area contributed by atoms with E-state index in [0.717, 1.165) is 22.2 Å². The molecule has 0 fully saturated rings. The second kappa shape index (κ2) is 8.86. The molecule has 2 N–H and O–H groups in total. The van der Waals surface area contributed by atoms with E-state index in [4.69, 9.17) is 56.4 Å². The third-order valence-corrected chi connectivity index (χ3v) is 5.89. The van der Waals surface area contributed by atoms with Crippen molar-refractivity contribution in [3.63, 3.8) is 0 Å². The molecule has 30 heavy (non-hydrogen) atoms. The van der Waals surface area contributed by atoms with Crippen molar-refractivity contribution in [2.45, 2.75) is 13.5 Å². The summed E-state index contributed by atoms with van der Waals surface area (Å²) in [6.45, 7) is 2.57. The first-order chi connectivity index (χ1) is 14.4. The standard InChI is InChI=1S/C22H16Cl4N4/c1-12-2-7-18-19(8-12)30-22(28-15-9-16(24)20(26)17(25)10-15)21(29-18)27-11-13-3-5-14(23)6-4-13/h2-10H,11H2,1H3,(H,27,29)(H,28,30). The predicted molar refractivity (Wildman–Crippen MR) is 128 cm³/mol. The fourth-order valence-corrected chi connectivity index (χ4v) is 3.65. The highest BCUT2D eigenvalue weighted by atomic mass is 35.5. The Morgan fingerprint density at radius 2 is 1.43 bits per heavy atom. The van der Waals surface area contributed by atoms with E-state index >= 15 is 0 Å². The molecular formula is C22H16Cl4N4. The molecule has 1 heterocycles. The highest BCUT2D eigenvalue weighted by Crippen LogP contribution is 2.35. The zero-order valence-corrected chi connectivity index (χ0v) is 18.8. The number of nitrogens with one attached hydrogen (secondary N) is 2. The lowest BCUT2D eigenvalue weighted by Gasteiger charge is -2.15. The van der Waals surface area contributed by atoms with Gasteiger partial charge in [-0.05, 0) is 54.4 Å². The van der Waals surface area contributed by atoms with Crippen LogP contribution in [0.4, 0.5) is 17.3 Å². The summed E-state index contributed by atoms with van der Waals surface area (Å²) in [7, 11) is 0. The van der Waals surface area contributed by atoms with E-state index in [0.29, 0.717) is 44.0 Å². The third-order valence-electron chi connectivity index (χ3n) is 4.44. The molecule has 4 aromatic rings. The van der Waals surface area contributed by atoms with Gasteiger partial charge in [-0.3, -0.25) is 0 Å². The summed E-state index contributed by atoms with van der Waals surface area (Å²) in [6.07, 6.45) is 0. The molecule has 0 saturated carbocycles. The van der Waals surface area contributed by atoms with E-state index < -0.39 is 0 Å². The Kier molecular flexibility index (Phi) is 6.21. The maximum absolute atomic E-state index is 6.18. The average molecular weight is 478 g/mol. The molecule has 4 rings (SSSR count). The number of anilines is 3. The first-order valence-corrected chi connectivity index (χ1v) is 10.6. The summed E-state index contributed by atoms with van der Waals surface area (Å²) in [5.74, 6) is 1.15. The second-order valence-corrected chi connectivity index (χ2v) is 8.40. The van der Waals surface area contributed by atoms with Gasteiger partial charge in [-0.1, -0.05) is 64.6 Å². The minimum atomic E-state index is 0.310. The maximum atomic E-state index is 6.18. The van der Waals surface area contributed by atoms with E-state index in [1.54, 1.807) is 12.1 Å². The molecule has 8 heteroatoms. The number of benzene rings is 3. The first kappa shape index (κ1) is 21.0. The van der Waals surface area contributed by atoms with Gasteiger partial charge >= 0.3 is 0 Å². The van der Waals surface area contributed by atoms with Crippen molar-refractivity contribution in [2.24, 2.45) is 0 Å². The molecule has 0 spiro atoms. The van der Waals surface area contributed by atoms with E-state index in [2.05, 4.69) is 10.6 Å². The van der Waals surface area contributed by atoms with Gasteiger partial charge < -0.3 is 10.6 Å². The Labute approximate surface area is 194 Å². The van der Waals surface area contributed by atoms with Crippen molar-refractivity contribution in [1.29, 1.82) is 0 Å². The molecule has 0 saturated heterocycles. The fraction of sp³-hybridized carbons (Fsp3) is 0.0909. The molecule has 0 atom stereocenters. The molecule has 4 nitrogen and oxygen atoms in total. The lowest BCUT2D eigenvalue weighted by molar-refractivity contribution is 1.11. The summed E-state index contributed by atoms with van der Waals surface area (Å²) >= 11 is 24.4. The molecule has 0 amide bonds. The van der Waals surface area contributed by atoms with Gasteiger partial charge in [-0.2, -0.15) is 0 Å². The molecule has 152 valence electrons. The molecule has 0 aliphatic carbocycles. The zero-order valence-electron chi connectivity index (χ0n) is 15.8. The summed E-state index contributed by atoms with van der Waals surface area (Å²) < 4.78 is 0. The van der Waals surface area contributed by atoms with Crippen molar-refractivity contribution in [2.75, 3.05) is 10.6 Å². The number of hydrogen-bond acceptors (Lipinski definition) is 4.